The second-order valence-electron chi connectivity index (χ2n) is 4.96. The SMILES string of the molecule is O[C@H](CNCCn1cccn1)COc1cccc(C(F)(F)F)c1. The molecule has 0 radical (unpaired) electrons. The lowest BCUT2D eigenvalue weighted by Gasteiger charge is -2.14. The molecule has 0 unspecified atom stereocenters. The van der Waals surface area contributed by atoms with Crippen LogP contribution in [-0.2, 0) is 12.7 Å². The number of halogens is 3. The molecule has 0 fully saturated rings. The van der Waals surface area contributed by atoms with E-state index in [1.165, 1.54) is 12.1 Å². The molecule has 0 saturated heterocycles. The second kappa shape index (κ2) is 7.98. The summed E-state index contributed by atoms with van der Waals surface area (Å²) < 4.78 is 44.6. The van der Waals surface area contributed by atoms with Gasteiger partial charge >= 0.3 is 6.18 Å². The Morgan fingerprint density at radius 3 is 2.83 bits per heavy atom. The van der Waals surface area contributed by atoms with Crippen LogP contribution in [0.4, 0.5) is 13.2 Å². The van der Waals surface area contributed by atoms with Crippen LogP contribution < -0.4 is 10.1 Å². The molecule has 0 amide bonds. The fraction of sp³-hybridized carbons (Fsp3) is 0.400. The summed E-state index contributed by atoms with van der Waals surface area (Å²) >= 11 is 0. The average Bonchev–Trinajstić information content (AvgIpc) is 3.02. The van der Waals surface area contributed by atoms with Crippen molar-refractivity contribution < 1.29 is 23.0 Å². The lowest BCUT2D eigenvalue weighted by molar-refractivity contribution is -0.137. The summed E-state index contributed by atoms with van der Waals surface area (Å²) in [5, 5.41) is 16.8. The zero-order chi connectivity index (χ0) is 16.7. The standard InChI is InChI=1S/C15H18F3N3O2/c16-15(17,18)12-3-1-4-14(9-12)23-11-13(22)10-19-6-8-21-7-2-5-20-21/h1-5,7,9,13,19,22H,6,8,10-11H2/t13-/m1/s1. The lowest BCUT2D eigenvalue weighted by atomic mass is 10.2. The highest BCUT2D eigenvalue weighted by Crippen LogP contribution is 2.31. The maximum atomic E-state index is 12.6. The molecule has 126 valence electrons. The van der Waals surface area contributed by atoms with E-state index < -0.39 is 17.8 Å². The van der Waals surface area contributed by atoms with Gasteiger partial charge < -0.3 is 15.2 Å². The minimum atomic E-state index is -4.41. The van der Waals surface area contributed by atoms with Crippen LogP contribution >= 0.6 is 0 Å². The van der Waals surface area contributed by atoms with E-state index in [4.69, 9.17) is 4.74 Å². The number of rotatable bonds is 8. The second-order valence-corrected chi connectivity index (χ2v) is 4.96. The Morgan fingerprint density at radius 1 is 1.30 bits per heavy atom. The van der Waals surface area contributed by atoms with Gasteiger partial charge in [-0.15, -0.1) is 0 Å². The molecule has 0 bridgehead atoms. The molecule has 23 heavy (non-hydrogen) atoms. The Bertz CT molecular complexity index is 588. The molecule has 0 aliphatic carbocycles. The molecule has 0 aliphatic rings. The van der Waals surface area contributed by atoms with Gasteiger partial charge in [0.1, 0.15) is 18.5 Å². The number of alkyl halides is 3. The number of benzene rings is 1. The first-order chi connectivity index (χ1) is 10.9. The maximum Gasteiger partial charge on any atom is 0.416 e. The summed E-state index contributed by atoms with van der Waals surface area (Å²) in [6.45, 7) is 1.47. The van der Waals surface area contributed by atoms with Gasteiger partial charge in [-0.25, -0.2) is 0 Å². The summed E-state index contributed by atoms with van der Waals surface area (Å²) in [4.78, 5) is 0. The zero-order valence-electron chi connectivity index (χ0n) is 12.3. The normalized spacial score (nSPS) is 13.0. The first-order valence-corrected chi connectivity index (χ1v) is 7.11. The monoisotopic (exact) mass is 329 g/mol. The van der Waals surface area contributed by atoms with Crippen LogP contribution in [0.5, 0.6) is 5.75 Å². The minimum absolute atomic E-state index is 0.0791. The average molecular weight is 329 g/mol. The van der Waals surface area contributed by atoms with Crippen LogP contribution in [0.25, 0.3) is 0 Å². The van der Waals surface area contributed by atoms with Crippen molar-refractivity contribution in [2.24, 2.45) is 0 Å². The van der Waals surface area contributed by atoms with Crippen molar-refractivity contribution in [2.45, 2.75) is 18.8 Å². The Kier molecular flexibility index (Phi) is 6.00. The molecule has 8 heteroatoms. The fourth-order valence-electron chi connectivity index (χ4n) is 1.91. The van der Waals surface area contributed by atoms with Crippen molar-refractivity contribution in [3.8, 4) is 5.75 Å². The Labute approximate surface area is 131 Å². The maximum absolute atomic E-state index is 12.6. The van der Waals surface area contributed by atoms with Crippen molar-refractivity contribution in [3.63, 3.8) is 0 Å². The van der Waals surface area contributed by atoms with Gasteiger partial charge in [-0.1, -0.05) is 6.07 Å². The van der Waals surface area contributed by atoms with Gasteiger partial charge in [0.15, 0.2) is 0 Å². The van der Waals surface area contributed by atoms with Gasteiger partial charge in [0.25, 0.3) is 0 Å². The quantitative estimate of drug-likeness (QED) is 0.727. The summed E-state index contributed by atoms with van der Waals surface area (Å²) in [5.41, 5.74) is -0.776. The molecule has 0 aliphatic heterocycles. The predicted octanol–water partition coefficient (Wildman–Crippen LogP) is 1.93. The number of aliphatic hydroxyl groups excluding tert-OH is 1. The van der Waals surface area contributed by atoms with E-state index in [9.17, 15) is 18.3 Å². The Morgan fingerprint density at radius 2 is 2.13 bits per heavy atom. The van der Waals surface area contributed by atoms with Crippen molar-refractivity contribution >= 4 is 0 Å². The molecule has 2 N–H and O–H groups in total. The summed E-state index contributed by atoms with van der Waals surface area (Å²) in [7, 11) is 0. The number of ether oxygens (including phenoxy) is 1. The van der Waals surface area contributed by atoms with Crippen LogP contribution in [0, 0.1) is 0 Å². The highest BCUT2D eigenvalue weighted by molar-refractivity contribution is 5.30. The Hall–Kier alpha value is -2.06. The third-order valence-electron chi connectivity index (χ3n) is 3.06. The topological polar surface area (TPSA) is 59.3 Å². The third kappa shape index (κ3) is 5.91. The molecular weight excluding hydrogens is 311 g/mol. The highest BCUT2D eigenvalue weighted by Gasteiger charge is 2.30. The number of aliphatic hydroxyl groups is 1. The highest BCUT2D eigenvalue weighted by atomic mass is 19.4. The van der Waals surface area contributed by atoms with Gasteiger partial charge in [-0.2, -0.15) is 18.3 Å². The van der Waals surface area contributed by atoms with Gasteiger partial charge in [-0.3, -0.25) is 4.68 Å². The van der Waals surface area contributed by atoms with Gasteiger partial charge in [0.2, 0.25) is 0 Å². The molecule has 1 atom stereocenters. The first-order valence-electron chi connectivity index (χ1n) is 7.11. The number of aromatic nitrogens is 2. The van der Waals surface area contributed by atoms with Crippen molar-refractivity contribution in [3.05, 3.63) is 48.3 Å². The smallest absolute Gasteiger partial charge is 0.416 e. The molecular formula is C15H18F3N3O2. The van der Waals surface area contributed by atoms with E-state index in [-0.39, 0.29) is 18.9 Å². The molecule has 2 rings (SSSR count). The molecule has 0 spiro atoms. The van der Waals surface area contributed by atoms with Gasteiger partial charge in [-0.05, 0) is 24.3 Å². The number of hydrogen-bond acceptors (Lipinski definition) is 4. The Balaban J connectivity index is 1.68. The number of nitrogens with one attached hydrogen (secondary N) is 1. The van der Waals surface area contributed by atoms with Crippen LogP contribution in [0.2, 0.25) is 0 Å². The van der Waals surface area contributed by atoms with E-state index >= 15 is 0 Å². The fourth-order valence-corrected chi connectivity index (χ4v) is 1.91. The van der Waals surface area contributed by atoms with Gasteiger partial charge in [0.05, 0.1) is 12.1 Å². The van der Waals surface area contributed by atoms with Crippen LogP contribution in [0.1, 0.15) is 5.56 Å². The van der Waals surface area contributed by atoms with E-state index in [2.05, 4.69) is 10.4 Å². The van der Waals surface area contributed by atoms with Gasteiger partial charge in [0, 0.05) is 25.5 Å². The number of nitrogens with zero attached hydrogens (tertiary/aromatic N) is 2. The number of hydrogen-bond donors (Lipinski definition) is 2. The molecule has 1 aromatic carbocycles. The largest absolute Gasteiger partial charge is 0.491 e. The van der Waals surface area contributed by atoms with Crippen LogP contribution in [-0.4, -0.2) is 40.7 Å². The predicted molar refractivity (Wildman–Crippen MR) is 78.0 cm³/mol. The lowest BCUT2D eigenvalue weighted by Crippen LogP contribution is -2.33. The molecule has 1 heterocycles. The van der Waals surface area contributed by atoms with Crippen LogP contribution in [0.3, 0.4) is 0 Å². The van der Waals surface area contributed by atoms with Crippen LogP contribution in [0.15, 0.2) is 42.7 Å². The van der Waals surface area contributed by atoms with E-state index in [1.807, 2.05) is 12.3 Å². The summed E-state index contributed by atoms with van der Waals surface area (Å²) in [6, 6.07) is 6.40. The van der Waals surface area contributed by atoms with Crippen molar-refractivity contribution in [1.82, 2.24) is 15.1 Å². The zero-order valence-corrected chi connectivity index (χ0v) is 12.3. The minimum Gasteiger partial charge on any atom is -0.491 e. The molecule has 1 aromatic heterocycles. The first kappa shape index (κ1) is 17.3. The third-order valence-corrected chi connectivity index (χ3v) is 3.06. The molecule has 5 nitrogen and oxygen atoms in total. The van der Waals surface area contributed by atoms with Crippen molar-refractivity contribution in [2.75, 3.05) is 19.7 Å². The summed E-state index contributed by atoms with van der Waals surface area (Å²) in [5.74, 6) is 0.0791. The van der Waals surface area contributed by atoms with Crippen molar-refractivity contribution in [1.29, 1.82) is 0 Å². The molecule has 2 aromatic rings. The van der Waals surface area contributed by atoms with E-state index in [1.54, 1.807) is 10.9 Å². The van der Waals surface area contributed by atoms with E-state index in [0.717, 1.165) is 12.1 Å². The molecule has 0 saturated carbocycles. The summed E-state index contributed by atoms with van der Waals surface area (Å²) in [6.07, 6.45) is -1.72. The van der Waals surface area contributed by atoms with E-state index in [0.29, 0.717) is 13.1 Å².